The van der Waals surface area contributed by atoms with Crippen LogP contribution in [0.5, 0.6) is 0 Å². The van der Waals surface area contributed by atoms with Gasteiger partial charge in [-0.1, -0.05) is 244 Å². The molecule has 0 fully saturated rings. The Bertz CT molecular complexity index is 1680. The maximum absolute atomic E-state index is 12.7. The van der Waals surface area contributed by atoms with Crippen LogP contribution in [0.1, 0.15) is 232 Å². The first-order chi connectivity index (χ1) is 36.8. The van der Waals surface area contributed by atoms with Crippen LogP contribution in [0.15, 0.2) is 134 Å². The molecule has 0 aromatic rings. The molecule has 0 aromatic carbocycles. The van der Waals surface area contributed by atoms with E-state index >= 15 is 0 Å². The zero-order valence-corrected chi connectivity index (χ0v) is 48.4. The zero-order chi connectivity index (χ0) is 54.5. The Balaban J connectivity index is 4.03. The van der Waals surface area contributed by atoms with Crippen LogP contribution < -0.4 is 5.73 Å². The van der Waals surface area contributed by atoms with Gasteiger partial charge in [-0.15, -0.1) is 0 Å². The standard InChI is InChI=1S/C65H108NO8P/c1-3-5-7-9-11-13-15-17-19-21-23-25-27-29-30-31-32-34-35-37-39-41-43-45-47-49-51-53-55-57-64(67)71-61-63(62-73-75(69,70)72-60-59-66)74-65(68)58-56-54-52-50-48-46-44-42-40-38-36-33-28-26-24-22-20-18-16-14-12-10-8-6-4-2/h5-8,11-14,17-20,23-26,29-30,33,36,40,42,63H,3-4,9-10,15-16,21-22,27-28,31-32,34-35,37-39,41,43-62,66H2,1-2H3,(H,69,70)/b7-5-,8-6-,13-11-,14-12-,19-17-,20-18-,25-23-,26-24-,30-29-,36-33-,42-40-. The predicted molar refractivity (Wildman–Crippen MR) is 320 cm³/mol. The molecule has 2 unspecified atom stereocenters. The van der Waals surface area contributed by atoms with Crippen LogP contribution in [-0.2, 0) is 32.7 Å². The lowest BCUT2D eigenvalue weighted by molar-refractivity contribution is -0.161. The molecule has 3 N–H and O–H groups in total. The number of unbranched alkanes of at least 4 members (excludes halogenated alkanes) is 19. The van der Waals surface area contributed by atoms with E-state index in [0.717, 1.165) is 128 Å². The highest BCUT2D eigenvalue weighted by Crippen LogP contribution is 2.43. The molecule has 0 aromatic heterocycles. The van der Waals surface area contributed by atoms with Gasteiger partial charge in [0.1, 0.15) is 6.61 Å². The van der Waals surface area contributed by atoms with Crippen molar-refractivity contribution in [2.45, 2.75) is 238 Å². The molecule has 2 atom stereocenters. The Morgan fingerprint density at radius 1 is 0.400 bits per heavy atom. The van der Waals surface area contributed by atoms with Gasteiger partial charge in [0.15, 0.2) is 6.10 Å². The monoisotopic (exact) mass is 1060 g/mol. The van der Waals surface area contributed by atoms with Crippen LogP contribution in [0.25, 0.3) is 0 Å². The Kier molecular flexibility index (Phi) is 56.3. The minimum absolute atomic E-state index is 0.0437. The van der Waals surface area contributed by atoms with Gasteiger partial charge in [-0.2, -0.15) is 0 Å². The third-order valence-corrected chi connectivity index (χ3v) is 13.0. The van der Waals surface area contributed by atoms with E-state index in [0.29, 0.717) is 6.42 Å². The SMILES string of the molecule is CC/C=C\C/C=C\C/C=C\C/C=C\C/C=C\C/C=C\CCCCCCCCC(=O)OC(COC(=O)CCCCCCCCCCCCCCC/C=C\C/C=C\C/C=C\C/C=C\C/C=C\CC)COP(=O)(O)OCCN. The Morgan fingerprint density at radius 2 is 0.693 bits per heavy atom. The van der Waals surface area contributed by atoms with Gasteiger partial charge in [0.2, 0.25) is 0 Å². The molecule has 0 spiro atoms. The van der Waals surface area contributed by atoms with Gasteiger partial charge >= 0.3 is 19.8 Å². The molecule has 0 aliphatic rings. The van der Waals surface area contributed by atoms with E-state index in [-0.39, 0.29) is 32.6 Å². The normalized spacial score (nSPS) is 14.0. The fraction of sp³-hybridized carbons (Fsp3) is 0.631. The second kappa shape index (κ2) is 59.4. The number of hydrogen-bond acceptors (Lipinski definition) is 8. The summed E-state index contributed by atoms with van der Waals surface area (Å²) in [5, 5.41) is 0. The van der Waals surface area contributed by atoms with E-state index in [1.165, 1.54) is 70.6 Å². The molecule has 10 heteroatoms. The average molecular weight is 1060 g/mol. The summed E-state index contributed by atoms with van der Waals surface area (Å²) in [7, 11) is -4.40. The number of hydrogen-bond donors (Lipinski definition) is 2. The number of phosphoric acid groups is 1. The molecule has 0 saturated heterocycles. The largest absolute Gasteiger partial charge is 0.472 e. The lowest BCUT2D eigenvalue weighted by Gasteiger charge is -2.19. The van der Waals surface area contributed by atoms with Crippen molar-refractivity contribution in [1.82, 2.24) is 0 Å². The minimum atomic E-state index is -4.40. The van der Waals surface area contributed by atoms with Crippen molar-refractivity contribution in [2.24, 2.45) is 5.73 Å². The van der Waals surface area contributed by atoms with E-state index < -0.39 is 32.5 Å². The smallest absolute Gasteiger partial charge is 0.462 e. The van der Waals surface area contributed by atoms with Crippen molar-refractivity contribution in [3.05, 3.63) is 134 Å². The molecule has 75 heavy (non-hydrogen) atoms. The fourth-order valence-corrected chi connectivity index (χ4v) is 8.49. The first-order valence-electron chi connectivity index (χ1n) is 29.7. The maximum atomic E-state index is 12.7. The predicted octanol–water partition coefficient (Wildman–Crippen LogP) is 19.0. The Labute approximate surface area is 459 Å². The van der Waals surface area contributed by atoms with Crippen molar-refractivity contribution < 1.29 is 37.6 Å². The molecular formula is C65H108NO8P. The van der Waals surface area contributed by atoms with Crippen LogP contribution in [0.2, 0.25) is 0 Å². The van der Waals surface area contributed by atoms with E-state index in [1.807, 2.05) is 0 Å². The summed E-state index contributed by atoms with van der Waals surface area (Å²) >= 11 is 0. The molecule has 0 bridgehead atoms. The summed E-state index contributed by atoms with van der Waals surface area (Å²) in [6.07, 6.45) is 83.6. The first-order valence-corrected chi connectivity index (χ1v) is 31.2. The number of nitrogens with two attached hydrogens (primary N) is 1. The minimum Gasteiger partial charge on any atom is -0.462 e. The molecule has 0 saturated carbocycles. The summed E-state index contributed by atoms with van der Waals surface area (Å²) in [6.45, 7) is 3.49. The fourth-order valence-electron chi connectivity index (χ4n) is 7.72. The molecule has 0 rings (SSSR count). The van der Waals surface area contributed by atoms with Crippen LogP contribution in [0.3, 0.4) is 0 Å². The van der Waals surface area contributed by atoms with Crippen molar-refractivity contribution in [1.29, 1.82) is 0 Å². The average Bonchev–Trinajstić information content (AvgIpc) is 3.40. The summed E-state index contributed by atoms with van der Waals surface area (Å²) in [5.74, 6) is -0.852. The zero-order valence-electron chi connectivity index (χ0n) is 47.5. The van der Waals surface area contributed by atoms with Gasteiger partial charge in [-0.3, -0.25) is 18.6 Å². The van der Waals surface area contributed by atoms with E-state index in [9.17, 15) is 19.0 Å². The van der Waals surface area contributed by atoms with Gasteiger partial charge < -0.3 is 20.1 Å². The lowest BCUT2D eigenvalue weighted by Crippen LogP contribution is -2.29. The van der Waals surface area contributed by atoms with Crippen LogP contribution in [0.4, 0.5) is 0 Å². The highest BCUT2D eigenvalue weighted by atomic mass is 31.2. The van der Waals surface area contributed by atoms with Gasteiger partial charge in [0.05, 0.1) is 13.2 Å². The first kappa shape index (κ1) is 71.2. The van der Waals surface area contributed by atoms with Crippen LogP contribution in [0, 0.1) is 0 Å². The van der Waals surface area contributed by atoms with Crippen molar-refractivity contribution in [3.63, 3.8) is 0 Å². The lowest BCUT2D eigenvalue weighted by atomic mass is 10.0. The third-order valence-electron chi connectivity index (χ3n) is 12.0. The van der Waals surface area contributed by atoms with Crippen molar-refractivity contribution in [2.75, 3.05) is 26.4 Å². The van der Waals surface area contributed by atoms with Gasteiger partial charge in [0, 0.05) is 19.4 Å². The number of allylic oxidation sites excluding steroid dienone is 22. The van der Waals surface area contributed by atoms with Crippen molar-refractivity contribution in [3.8, 4) is 0 Å². The summed E-state index contributed by atoms with van der Waals surface area (Å²) in [6, 6.07) is 0. The second-order valence-electron chi connectivity index (χ2n) is 19.1. The summed E-state index contributed by atoms with van der Waals surface area (Å²) in [5.41, 5.74) is 5.38. The molecule has 9 nitrogen and oxygen atoms in total. The third kappa shape index (κ3) is 59.3. The summed E-state index contributed by atoms with van der Waals surface area (Å²) < 4.78 is 33.0. The topological polar surface area (TPSA) is 134 Å². The van der Waals surface area contributed by atoms with Crippen molar-refractivity contribution >= 4 is 19.8 Å². The number of phosphoric ester groups is 1. The molecule has 0 amide bonds. The number of ether oxygens (including phenoxy) is 2. The van der Waals surface area contributed by atoms with Gasteiger partial charge in [0.25, 0.3) is 0 Å². The molecule has 0 heterocycles. The maximum Gasteiger partial charge on any atom is 0.472 e. The number of rotatable bonds is 54. The summed E-state index contributed by atoms with van der Waals surface area (Å²) in [4.78, 5) is 35.2. The highest BCUT2D eigenvalue weighted by molar-refractivity contribution is 7.47. The van der Waals surface area contributed by atoms with E-state index in [2.05, 4.69) is 148 Å². The van der Waals surface area contributed by atoms with E-state index in [4.69, 9.17) is 24.3 Å². The molecule has 0 aliphatic carbocycles. The molecule has 0 aliphatic heterocycles. The number of esters is 2. The van der Waals surface area contributed by atoms with E-state index in [1.54, 1.807) is 0 Å². The van der Waals surface area contributed by atoms with Gasteiger partial charge in [-0.25, -0.2) is 4.57 Å². The number of carbonyl (C=O) groups is 2. The highest BCUT2D eigenvalue weighted by Gasteiger charge is 2.26. The Morgan fingerprint density at radius 3 is 1.03 bits per heavy atom. The quantitative estimate of drug-likeness (QED) is 0.0264. The molecular weight excluding hydrogens is 954 g/mol. The Hall–Kier alpha value is -3.85. The van der Waals surface area contributed by atoms with Gasteiger partial charge in [-0.05, 0) is 109 Å². The second-order valence-corrected chi connectivity index (χ2v) is 20.6. The molecule has 0 radical (unpaired) electrons. The van der Waals surface area contributed by atoms with Crippen LogP contribution in [-0.4, -0.2) is 49.3 Å². The number of carbonyl (C=O) groups excluding carboxylic acids is 2. The molecule has 426 valence electrons. The van der Waals surface area contributed by atoms with Crippen LogP contribution >= 0.6 is 7.82 Å².